The molecule has 0 aliphatic carbocycles. The first kappa shape index (κ1) is 13.3. The van der Waals surface area contributed by atoms with Gasteiger partial charge in [-0.3, -0.25) is 4.79 Å². The number of urea groups is 1. The Bertz CT molecular complexity index is 332. The molecule has 1 aliphatic rings. The van der Waals surface area contributed by atoms with E-state index in [2.05, 4.69) is 5.32 Å². The van der Waals surface area contributed by atoms with E-state index in [1.54, 1.807) is 6.92 Å². The maximum atomic E-state index is 11.8. The molecule has 0 radical (unpaired) electrons. The van der Waals surface area contributed by atoms with Crippen LogP contribution >= 0.6 is 0 Å². The van der Waals surface area contributed by atoms with Crippen molar-refractivity contribution in [2.45, 2.75) is 38.3 Å². The van der Waals surface area contributed by atoms with Crippen molar-refractivity contribution < 1.29 is 19.5 Å². The van der Waals surface area contributed by atoms with Crippen molar-refractivity contribution in [3.05, 3.63) is 0 Å². The average molecular weight is 243 g/mol. The molecule has 1 unspecified atom stereocenters. The zero-order valence-corrected chi connectivity index (χ0v) is 9.68. The zero-order valence-electron chi connectivity index (χ0n) is 9.68. The second-order valence-corrected chi connectivity index (χ2v) is 4.00. The first-order valence-electron chi connectivity index (χ1n) is 5.56. The van der Waals surface area contributed by atoms with E-state index in [1.165, 1.54) is 4.90 Å². The predicted molar refractivity (Wildman–Crippen MR) is 59.2 cm³/mol. The molecular formula is C10H17N3O4. The lowest BCUT2D eigenvalue weighted by Crippen LogP contribution is -2.52. The molecule has 2 atom stereocenters. The highest BCUT2D eigenvalue weighted by Crippen LogP contribution is 2.16. The van der Waals surface area contributed by atoms with Gasteiger partial charge in [0.2, 0.25) is 5.91 Å². The van der Waals surface area contributed by atoms with E-state index < -0.39 is 30.0 Å². The Hall–Kier alpha value is -1.79. The normalized spacial score (nSPS) is 21.0. The average Bonchev–Trinajstić information content (AvgIpc) is 2.73. The van der Waals surface area contributed by atoms with Crippen molar-refractivity contribution >= 4 is 17.9 Å². The lowest BCUT2D eigenvalue weighted by molar-refractivity contribution is -0.139. The number of hydrogen-bond donors (Lipinski definition) is 3. The molecule has 0 aromatic carbocycles. The Morgan fingerprint density at radius 3 is 2.65 bits per heavy atom. The number of carboxylic acid groups (broad SMARTS) is 1. The SMILES string of the molecule is CC[C@H](NC(=O)N1CCCC1C(N)=O)C(=O)O. The van der Waals surface area contributed by atoms with Crippen LogP contribution in [0.4, 0.5) is 4.79 Å². The maximum absolute atomic E-state index is 11.8. The fraction of sp³-hybridized carbons (Fsp3) is 0.700. The van der Waals surface area contributed by atoms with E-state index >= 15 is 0 Å². The van der Waals surface area contributed by atoms with Crippen LogP contribution in [0.15, 0.2) is 0 Å². The minimum atomic E-state index is -1.09. The van der Waals surface area contributed by atoms with Gasteiger partial charge in [-0.1, -0.05) is 6.92 Å². The van der Waals surface area contributed by atoms with Gasteiger partial charge in [0.25, 0.3) is 0 Å². The quantitative estimate of drug-likeness (QED) is 0.618. The molecule has 0 aromatic heterocycles. The van der Waals surface area contributed by atoms with E-state index in [4.69, 9.17) is 10.8 Å². The van der Waals surface area contributed by atoms with Gasteiger partial charge in [0, 0.05) is 6.54 Å². The highest BCUT2D eigenvalue weighted by atomic mass is 16.4. The summed E-state index contributed by atoms with van der Waals surface area (Å²) in [5.74, 6) is -1.64. The highest BCUT2D eigenvalue weighted by molar-refractivity contribution is 5.88. The molecule has 0 bridgehead atoms. The van der Waals surface area contributed by atoms with Gasteiger partial charge in [0.05, 0.1) is 0 Å². The van der Waals surface area contributed by atoms with Gasteiger partial charge >= 0.3 is 12.0 Å². The van der Waals surface area contributed by atoms with Crippen LogP contribution in [0.5, 0.6) is 0 Å². The monoisotopic (exact) mass is 243 g/mol. The number of nitrogens with zero attached hydrogens (tertiary/aromatic N) is 1. The van der Waals surface area contributed by atoms with Crippen LogP contribution in [0, 0.1) is 0 Å². The number of nitrogens with two attached hydrogens (primary N) is 1. The number of nitrogens with one attached hydrogen (secondary N) is 1. The third kappa shape index (κ3) is 3.08. The molecule has 7 nitrogen and oxygen atoms in total. The smallest absolute Gasteiger partial charge is 0.326 e. The third-order valence-electron chi connectivity index (χ3n) is 2.85. The minimum Gasteiger partial charge on any atom is -0.480 e. The molecular weight excluding hydrogens is 226 g/mol. The Morgan fingerprint density at radius 1 is 1.53 bits per heavy atom. The maximum Gasteiger partial charge on any atom is 0.326 e. The molecule has 0 spiro atoms. The second kappa shape index (κ2) is 5.51. The molecule has 0 aromatic rings. The molecule has 96 valence electrons. The second-order valence-electron chi connectivity index (χ2n) is 4.00. The summed E-state index contributed by atoms with van der Waals surface area (Å²) in [6.07, 6.45) is 1.52. The number of primary amides is 1. The Morgan fingerprint density at radius 2 is 2.18 bits per heavy atom. The number of hydrogen-bond acceptors (Lipinski definition) is 3. The molecule has 3 amide bonds. The predicted octanol–water partition coefficient (Wildman–Crippen LogP) is -0.491. The fourth-order valence-electron chi connectivity index (χ4n) is 1.88. The Labute approximate surface area is 98.9 Å². The summed E-state index contributed by atoms with van der Waals surface area (Å²) >= 11 is 0. The van der Waals surface area contributed by atoms with Crippen LogP contribution in [0.3, 0.4) is 0 Å². The van der Waals surface area contributed by atoms with Gasteiger partial charge in [-0.2, -0.15) is 0 Å². The molecule has 1 fully saturated rings. The summed E-state index contributed by atoms with van der Waals surface area (Å²) in [6, 6.07) is -2.10. The van der Waals surface area contributed by atoms with Crippen molar-refractivity contribution in [1.82, 2.24) is 10.2 Å². The van der Waals surface area contributed by atoms with Crippen LogP contribution in [-0.4, -0.2) is 46.5 Å². The van der Waals surface area contributed by atoms with Crippen molar-refractivity contribution in [3.63, 3.8) is 0 Å². The minimum absolute atomic E-state index is 0.288. The van der Waals surface area contributed by atoms with Crippen LogP contribution in [-0.2, 0) is 9.59 Å². The summed E-state index contributed by atoms with van der Waals surface area (Å²) < 4.78 is 0. The molecule has 1 saturated heterocycles. The van der Waals surface area contributed by atoms with Crippen molar-refractivity contribution in [2.75, 3.05) is 6.54 Å². The van der Waals surface area contributed by atoms with E-state index in [0.29, 0.717) is 19.4 Å². The summed E-state index contributed by atoms with van der Waals surface area (Å²) in [5.41, 5.74) is 5.17. The van der Waals surface area contributed by atoms with Crippen LogP contribution < -0.4 is 11.1 Å². The number of carbonyl (C=O) groups is 3. The summed E-state index contributed by atoms with van der Waals surface area (Å²) in [4.78, 5) is 34.9. The third-order valence-corrected chi connectivity index (χ3v) is 2.85. The van der Waals surface area contributed by atoms with E-state index in [9.17, 15) is 14.4 Å². The number of carbonyl (C=O) groups excluding carboxylic acids is 2. The van der Waals surface area contributed by atoms with Gasteiger partial charge in [-0.15, -0.1) is 0 Å². The van der Waals surface area contributed by atoms with Gasteiger partial charge in [0.1, 0.15) is 12.1 Å². The number of likely N-dealkylation sites (tertiary alicyclic amines) is 1. The summed E-state index contributed by atoms with van der Waals surface area (Å²) in [7, 11) is 0. The van der Waals surface area contributed by atoms with Crippen molar-refractivity contribution in [2.24, 2.45) is 5.73 Å². The van der Waals surface area contributed by atoms with Gasteiger partial charge in [-0.25, -0.2) is 9.59 Å². The Balaban J connectivity index is 2.63. The largest absolute Gasteiger partial charge is 0.480 e. The molecule has 4 N–H and O–H groups in total. The van der Waals surface area contributed by atoms with Crippen molar-refractivity contribution in [1.29, 1.82) is 0 Å². The van der Waals surface area contributed by atoms with Gasteiger partial charge in [-0.05, 0) is 19.3 Å². The lowest BCUT2D eigenvalue weighted by Gasteiger charge is -2.24. The van der Waals surface area contributed by atoms with Gasteiger partial charge < -0.3 is 21.1 Å². The van der Waals surface area contributed by atoms with Crippen LogP contribution in [0.1, 0.15) is 26.2 Å². The summed E-state index contributed by atoms with van der Waals surface area (Å²) in [5, 5.41) is 11.2. The molecule has 7 heteroatoms. The van der Waals surface area contributed by atoms with Gasteiger partial charge in [0.15, 0.2) is 0 Å². The Kier molecular flexibility index (Phi) is 4.30. The first-order chi connectivity index (χ1) is 7.97. The van der Waals surface area contributed by atoms with E-state index in [0.717, 1.165) is 0 Å². The standard InChI is InChI=1S/C10H17N3O4/c1-2-6(9(15)16)12-10(17)13-5-3-4-7(13)8(11)14/h6-7H,2-5H2,1H3,(H2,11,14)(H,12,17)(H,15,16)/t6-,7?/m0/s1. The van der Waals surface area contributed by atoms with Crippen LogP contribution in [0.2, 0.25) is 0 Å². The number of carboxylic acids is 1. The molecule has 0 saturated carbocycles. The first-order valence-corrected chi connectivity index (χ1v) is 5.56. The molecule has 1 aliphatic heterocycles. The topological polar surface area (TPSA) is 113 Å². The number of rotatable bonds is 4. The zero-order chi connectivity index (χ0) is 13.0. The van der Waals surface area contributed by atoms with E-state index in [1.807, 2.05) is 0 Å². The number of amides is 3. The highest BCUT2D eigenvalue weighted by Gasteiger charge is 2.34. The molecule has 1 rings (SSSR count). The lowest BCUT2D eigenvalue weighted by atomic mass is 10.2. The molecule has 1 heterocycles. The van der Waals surface area contributed by atoms with Crippen LogP contribution in [0.25, 0.3) is 0 Å². The summed E-state index contributed by atoms with van der Waals surface area (Å²) in [6.45, 7) is 2.09. The van der Waals surface area contributed by atoms with Crippen molar-refractivity contribution in [3.8, 4) is 0 Å². The fourth-order valence-corrected chi connectivity index (χ4v) is 1.88. The number of aliphatic carboxylic acids is 1. The van der Waals surface area contributed by atoms with E-state index in [-0.39, 0.29) is 6.42 Å². The molecule has 17 heavy (non-hydrogen) atoms.